The molecule has 2 heterocycles. The third-order valence-corrected chi connectivity index (χ3v) is 5.83. The third kappa shape index (κ3) is 4.35. The van der Waals surface area contributed by atoms with Crippen molar-refractivity contribution in [2.24, 2.45) is 5.73 Å². The van der Waals surface area contributed by atoms with Crippen LogP contribution in [0.3, 0.4) is 0 Å². The predicted molar refractivity (Wildman–Crippen MR) is 113 cm³/mol. The summed E-state index contributed by atoms with van der Waals surface area (Å²) >= 11 is 1.28. The van der Waals surface area contributed by atoms with Gasteiger partial charge in [0.25, 0.3) is 5.91 Å². The van der Waals surface area contributed by atoms with Crippen molar-refractivity contribution in [1.29, 1.82) is 0 Å². The third-order valence-electron chi connectivity index (χ3n) is 5.07. The molecule has 0 saturated carbocycles. The Balaban J connectivity index is 1.97. The highest BCUT2D eigenvalue weighted by molar-refractivity contribution is 7.14. The zero-order chi connectivity index (χ0) is 22.1. The molecule has 9 heteroatoms. The van der Waals surface area contributed by atoms with Gasteiger partial charge in [0, 0.05) is 22.8 Å². The molecule has 0 radical (unpaired) electrons. The number of hydrogen-bond acceptors (Lipinski definition) is 4. The Bertz CT molecular complexity index is 1050. The minimum absolute atomic E-state index is 0.176. The van der Waals surface area contributed by atoms with E-state index in [0.29, 0.717) is 22.1 Å². The molecule has 0 aliphatic heterocycles. The fourth-order valence-electron chi connectivity index (χ4n) is 3.54. The van der Waals surface area contributed by atoms with Gasteiger partial charge in [0.15, 0.2) is 5.13 Å². The van der Waals surface area contributed by atoms with Crippen molar-refractivity contribution < 1.29 is 18.0 Å². The van der Waals surface area contributed by atoms with Crippen molar-refractivity contribution in [3.05, 3.63) is 52.5 Å². The van der Waals surface area contributed by atoms with Crippen LogP contribution >= 0.6 is 11.3 Å². The molecule has 0 fully saturated rings. The van der Waals surface area contributed by atoms with Crippen LogP contribution in [0.5, 0.6) is 0 Å². The van der Waals surface area contributed by atoms with Crippen LogP contribution in [0.1, 0.15) is 54.3 Å². The Kier molecular flexibility index (Phi) is 6.21. The van der Waals surface area contributed by atoms with Gasteiger partial charge in [-0.2, -0.15) is 13.2 Å². The lowest BCUT2D eigenvalue weighted by atomic mass is 10.1. The van der Waals surface area contributed by atoms with Gasteiger partial charge in [-0.1, -0.05) is 19.9 Å². The normalized spacial score (nSPS) is 11.8. The van der Waals surface area contributed by atoms with Crippen molar-refractivity contribution in [2.45, 2.75) is 45.8 Å². The SMILES string of the molecule is CCC(CC)n1c(-c2csc(Nc3cccc(C(F)(F)F)c3)n2)cc(C(N)=O)c1C. The lowest BCUT2D eigenvalue weighted by Crippen LogP contribution is -2.14. The van der Waals surface area contributed by atoms with Crippen LogP contribution in [0.4, 0.5) is 24.0 Å². The van der Waals surface area contributed by atoms with Gasteiger partial charge in [0.05, 0.1) is 22.5 Å². The number of anilines is 2. The molecule has 2 aromatic heterocycles. The number of thiazole rings is 1. The van der Waals surface area contributed by atoms with Crippen molar-refractivity contribution in [3.63, 3.8) is 0 Å². The number of nitrogens with two attached hydrogens (primary N) is 1. The van der Waals surface area contributed by atoms with Crippen LogP contribution in [0.2, 0.25) is 0 Å². The molecule has 0 aliphatic rings. The standard InChI is InChI=1S/C21H23F3N4OS/c1-4-15(5-2)28-12(3)16(19(25)29)10-18(28)17-11-30-20(27-17)26-14-8-6-7-13(9-14)21(22,23)24/h6-11,15H,4-5H2,1-3H3,(H2,25,29)(H,26,27). The van der Waals surface area contributed by atoms with E-state index >= 15 is 0 Å². The maximum absolute atomic E-state index is 12.9. The van der Waals surface area contributed by atoms with Gasteiger partial charge in [0.1, 0.15) is 0 Å². The Hall–Kier alpha value is -2.81. The van der Waals surface area contributed by atoms with Crippen LogP contribution in [0.25, 0.3) is 11.4 Å². The topological polar surface area (TPSA) is 72.9 Å². The average molecular weight is 437 g/mol. The average Bonchev–Trinajstić information content (AvgIpc) is 3.27. The van der Waals surface area contributed by atoms with E-state index in [1.165, 1.54) is 17.4 Å². The molecule has 3 aromatic rings. The highest BCUT2D eigenvalue weighted by atomic mass is 32.1. The van der Waals surface area contributed by atoms with Gasteiger partial charge in [-0.05, 0) is 44.0 Å². The van der Waals surface area contributed by atoms with Crippen molar-refractivity contribution in [2.75, 3.05) is 5.32 Å². The van der Waals surface area contributed by atoms with Gasteiger partial charge < -0.3 is 15.6 Å². The highest BCUT2D eigenvalue weighted by Crippen LogP contribution is 2.35. The smallest absolute Gasteiger partial charge is 0.366 e. The number of nitrogens with one attached hydrogen (secondary N) is 1. The van der Waals surface area contributed by atoms with Crippen LogP contribution in [0, 0.1) is 6.92 Å². The first-order chi connectivity index (χ1) is 14.2. The largest absolute Gasteiger partial charge is 0.416 e. The number of alkyl halides is 3. The van der Waals surface area contributed by atoms with Crippen molar-refractivity contribution >= 4 is 28.1 Å². The number of hydrogen-bond donors (Lipinski definition) is 2. The van der Waals surface area contributed by atoms with Crippen LogP contribution in [-0.4, -0.2) is 15.5 Å². The first-order valence-electron chi connectivity index (χ1n) is 9.57. The second kappa shape index (κ2) is 8.51. The minimum Gasteiger partial charge on any atom is -0.366 e. The van der Waals surface area contributed by atoms with E-state index in [1.807, 2.05) is 12.3 Å². The molecule has 3 N–H and O–H groups in total. The van der Waals surface area contributed by atoms with E-state index in [2.05, 4.69) is 28.7 Å². The van der Waals surface area contributed by atoms with E-state index in [-0.39, 0.29) is 6.04 Å². The number of carbonyl (C=O) groups excluding carboxylic acids is 1. The summed E-state index contributed by atoms with van der Waals surface area (Å²) < 4.78 is 40.9. The summed E-state index contributed by atoms with van der Waals surface area (Å²) in [7, 11) is 0. The molecule has 0 atom stereocenters. The van der Waals surface area contributed by atoms with E-state index < -0.39 is 17.6 Å². The summed E-state index contributed by atoms with van der Waals surface area (Å²) in [6, 6.07) is 6.88. The Morgan fingerprint density at radius 3 is 2.57 bits per heavy atom. The molecule has 3 rings (SSSR count). The molecule has 0 aliphatic carbocycles. The lowest BCUT2D eigenvalue weighted by molar-refractivity contribution is -0.137. The summed E-state index contributed by atoms with van der Waals surface area (Å²) in [5.41, 5.74) is 7.74. The maximum Gasteiger partial charge on any atom is 0.416 e. The molecule has 160 valence electrons. The quantitative estimate of drug-likeness (QED) is 0.467. The molecular formula is C21H23F3N4OS. The Morgan fingerprint density at radius 1 is 1.27 bits per heavy atom. The van der Waals surface area contributed by atoms with Gasteiger partial charge in [-0.3, -0.25) is 4.79 Å². The fraction of sp³-hybridized carbons (Fsp3) is 0.333. The van der Waals surface area contributed by atoms with Crippen molar-refractivity contribution in [1.82, 2.24) is 9.55 Å². The van der Waals surface area contributed by atoms with E-state index in [9.17, 15) is 18.0 Å². The fourth-order valence-corrected chi connectivity index (χ4v) is 4.26. The molecular weight excluding hydrogens is 413 g/mol. The molecule has 0 bridgehead atoms. The van der Waals surface area contributed by atoms with E-state index in [1.54, 1.807) is 12.1 Å². The van der Waals surface area contributed by atoms with E-state index in [4.69, 9.17) is 5.73 Å². The van der Waals surface area contributed by atoms with Gasteiger partial charge in [0.2, 0.25) is 0 Å². The first-order valence-corrected chi connectivity index (χ1v) is 10.4. The summed E-state index contributed by atoms with van der Waals surface area (Å²) in [6.45, 7) is 6.00. The molecule has 0 spiro atoms. The van der Waals surface area contributed by atoms with Gasteiger partial charge in [-0.15, -0.1) is 11.3 Å². The first kappa shape index (κ1) is 21.9. The monoisotopic (exact) mass is 436 g/mol. The zero-order valence-electron chi connectivity index (χ0n) is 16.9. The number of primary amides is 1. The van der Waals surface area contributed by atoms with Gasteiger partial charge >= 0.3 is 6.18 Å². The highest BCUT2D eigenvalue weighted by Gasteiger charge is 2.30. The number of nitrogens with zero attached hydrogens (tertiary/aromatic N) is 2. The molecule has 1 amide bonds. The second-order valence-corrected chi connectivity index (χ2v) is 7.83. The predicted octanol–water partition coefficient (Wildman–Crippen LogP) is 6.14. The molecule has 5 nitrogen and oxygen atoms in total. The summed E-state index contributed by atoms with van der Waals surface area (Å²) in [5.74, 6) is -0.504. The Morgan fingerprint density at radius 2 is 1.97 bits per heavy atom. The summed E-state index contributed by atoms with van der Waals surface area (Å²) in [6.07, 6.45) is -2.67. The maximum atomic E-state index is 12.9. The second-order valence-electron chi connectivity index (χ2n) is 6.97. The van der Waals surface area contributed by atoms with Crippen LogP contribution in [0.15, 0.2) is 35.7 Å². The van der Waals surface area contributed by atoms with Crippen molar-refractivity contribution in [3.8, 4) is 11.4 Å². The number of carbonyl (C=O) groups is 1. The zero-order valence-corrected chi connectivity index (χ0v) is 17.7. The minimum atomic E-state index is -4.41. The number of rotatable bonds is 7. The summed E-state index contributed by atoms with van der Waals surface area (Å²) in [5, 5.41) is 5.21. The molecule has 0 saturated heterocycles. The molecule has 30 heavy (non-hydrogen) atoms. The molecule has 0 unspecified atom stereocenters. The van der Waals surface area contributed by atoms with E-state index in [0.717, 1.165) is 36.4 Å². The number of amides is 1. The number of aromatic nitrogens is 2. The molecule has 1 aromatic carbocycles. The number of benzene rings is 1. The number of halogens is 3. The van der Waals surface area contributed by atoms with Gasteiger partial charge in [-0.25, -0.2) is 4.98 Å². The van der Waals surface area contributed by atoms with Crippen LogP contribution < -0.4 is 11.1 Å². The van der Waals surface area contributed by atoms with Crippen LogP contribution in [-0.2, 0) is 6.18 Å². The lowest BCUT2D eigenvalue weighted by Gasteiger charge is -2.20. The Labute approximate surface area is 176 Å². The summed E-state index contributed by atoms with van der Waals surface area (Å²) in [4.78, 5) is 16.4.